The number of carboxylic acid groups (broad SMARTS) is 2. The van der Waals surface area contributed by atoms with Gasteiger partial charge in [-0.25, -0.2) is 9.59 Å². The molecule has 0 saturated carbocycles. The third-order valence-electron chi connectivity index (χ3n) is 14.9. The van der Waals surface area contributed by atoms with Crippen LogP contribution in [0.1, 0.15) is 26.7 Å². The van der Waals surface area contributed by atoms with Crippen LogP contribution in [0.3, 0.4) is 0 Å². The van der Waals surface area contributed by atoms with Crippen LogP contribution in [0.15, 0.2) is 0 Å². The summed E-state index contributed by atoms with van der Waals surface area (Å²) in [6.07, 6.45) is -54.8. The van der Waals surface area contributed by atoms with Gasteiger partial charge < -0.3 is 181 Å². The lowest BCUT2D eigenvalue weighted by atomic mass is 9.88. The Hall–Kier alpha value is -3.40. The number of amides is 2. The molecule has 0 radical (unpaired) electrons. The minimum atomic E-state index is -3.02. The third kappa shape index (κ3) is 16.2. The molecule has 86 heavy (non-hydrogen) atoms. The predicted octanol–water partition coefficient (Wildman–Crippen LogP) is -16.4. The van der Waals surface area contributed by atoms with Gasteiger partial charge in [-0.05, 0) is 0 Å². The molecule has 2 amide bonds. The summed E-state index contributed by atoms with van der Waals surface area (Å²) < 4.78 is 53.5. The van der Waals surface area contributed by atoms with Gasteiger partial charge >= 0.3 is 11.9 Å². The SMILES string of the molecule is CC(=O)N[C@H]1[C@H]([C@H](O)[C@H](O)CO)O[C@@](OC[C@H]2O[C@@H](O[C@H]3[C@H](O)[C@@H](O)C(O)O[C@@H]3CO)[C@H](O)[C@@H](O)[C@H]2O)(C(=O)O)C[C@@H]1O.CC(=O)N[C@H]1[C@H]([C@H](O)[C@H](O)CO)O[C@@](O[C@H]2[C@@H](O)[C@@H](CO)O[C@@H](O[C@H]3[C@H](O)[C@@H](O)C(O)O[C@@H]3CO)[C@@H]2O)(C(=O)O)C[C@@H]1O. The van der Waals surface area contributed by atoms with Crippen LogP contribution in [-0.2, 0) is 66.5 Å². The highest BCUT2D eigenvalue weighted by atomic mass is 16.8. The number of carbonyl (C=O) groups excluding carboxylic acids is 2. The Kier molecular flexibility index (Phi) is 26.5. The Labute approximate surface area is 484 Å². The quantitative estimate of drug-likeness (QED) is 0.0479. The summed E-state index contributed by atoms with van der Waals surface area (Å²) in [4.78, 5) is 48.3. The number of nitrogens with one attached hydrogen (secondary N) is 2. The Morgan fingerprint density at radius 2 is 0.872 bits per heavy atom. The largest absolute Gasteiger partial charge is 0.477 e. The van der Waals surface area contributed by atoms with E-state index in [1.165, 1.54) is 0 Å². The van der Waals surface area contributed by atoms with Gasteiger partial charge in [0, 0.05) is 26.7 Å². The normalized spacial score (nSPS) is 45.3. The van der Waals surface area contributed by atoms with Gasteiger partial charge in [0.25, 0.3) is 11.6 Å². The summed E-state index contributed by atoms with van der Waals surface area (Å²) >= 11 is 0. The lowest BCUT2D eigenvalue weighted by Gasteiger charge is -2.50. The van der Waals surface area contributed by atoms with Crippen LogP contribution in [0.5, 0.6) is 0 Å². The van der Waals surface area contributed by atoms with Gasteiger partial charge in [-0.1, -0.05) is 0 Å². The minimum Gasteiger partial charge on any atom is -0.477 e. The molecular formula is C46H78N2O38. The maximum atomic E-state index is 12.5. The number of carbonyl (C=O) groups is 4. The van der Waals surface area contributed by atoms with Crippen LogP contribution < -0.4 is 10.6 Å². The monoisotopic (exact) mass is 1270 g/mol. The number of hydrogen-bond acceptors (Lipinski definition) is 36. The first-order valence-electron chi connectivity index (χ1n) is 26.4. The first-order valence-corrected chi connectivity index (χ1v) is 26.4. The highest BCUT2D eigenvalue weighted by Crippen LogP contribution is 2.40. The molecule has 32 atom stereocenters. The molecule has 6 aliphatic rings. The first kappa shape index (κ1) is 73.3. The molecule has 6 aliphatic heterocycles. The van der Waals surface area contributed by atoms with Crippen molar-refractivity contribution in [1.82, 2.24) is 10.6 Å². The van der Waals surface area contributed by atoms with Crippen molar-refractivity contribution < 1.29 is 189 Å². The molecular weight excluding hydrogens is 1190 g/mol. The number of aliphatic carboxylic acids is 2. The van der Waals surface area contributed by atoms with Gasteiger partial charge in [0.1, 0.15) is 134 Å². The fourth-order valence-corrected chi connectivity index (χ4v) is 10.2. The number of ether oxygens (including phenoxy) is 10. The molecule has 6 rings (SSSR count). The predicted molar refractivity (Wildman–Crippen MR) is 260 cm³/mol. The molecule has 6 fully saturated rings. The molecule has 40 nitrogen and oxygen atoms in total. The third-order valence-corrected chi connectivity index (χ3v) is 14.9. The summed E-state index contributed by atoms with van der Waals surface area (Å²) in [5.41, 5.74) is 0. The molecule has 0 bridgehead atoms. The van der Waals surface area contributed by atoms with Crippen LogP contribution in [0.2, 0.25) is 0 Å². The maximum absolute atomic E-state index is 12.5. The van der Waals surface area contributed by atoms with Gasteiger partial charge in [-0.2, -0.15) is 0 Å². The van der Waals surface area contributed by atoms with Crippen molar-refractivity contribution in [3.05, 3.63) is 0 Å². The zero-order chi connectivity index (χ0) is 64.8. The van der Waals surface area contributed by atoms with Gasteiger partial charge in [-0.15, -0.1) is 0 Å². The summed E-state index contributed by atoms with van der Waals surface area (Å²) in [5, 5.41) is 248. The van der Waals surface area contributed by atoms with E-state index in [2.05, 4.69) is 10.6 Å². The fourth-order valence-electron chi connectivity index (χ4n) is 10.2. The Balaban J connectivity index is 0.000000314. The van der Waals surface area contributed by atoms with Gasteiger partial charge in [0.05, 0.1) is 63.9 Å². The number of aliphatic hydroxyl groups is 22. The van der Waals surface area contributed by atoms with E-state index in [4.69, 9.17) is 47.4 Å². The first-order chi connectivity index (χ1) is 40.2. The van der Waals surface area contributed by atoms with Crippen molar-refractivity contribution >= 4 is 23.8 Å². The van der Waals surface area contributed by atoms with Crippen molar-refractivity contribution in [3.8, 4) is 0 Å². The Morgan fingerprint density at radius 3 is 1.27 bits per heavy atom. The van der Waals surface area contributed by atoms with E-state index in [0.717, 1.165) is 13.8 Å². The number of carboxylic acids is 2. The number of aliphatic hydroxyl groups excluding tert-OH is 22. The summed E-state index contributed by atoms with van der Waals surface area (Å²) in [7, 11) is 0. The Bertz CT molecular complexity index is 2180. The van der Waals surface area contributed by atoms with Crippen molar-refractivity contribution in [2.75, 3.05) is 39.6 Å². The number of rotatable bonds is 22. The topological polar surface area (TPSA) is 670 Å². The second kappa shape index (κ2) is 31.1. The minimum absolute atomic E-state index is 0.719. The molecule has 0 aromatic rings. The molecule has 2 unspecified atom stereocenters. The average Bonchev–Trinajstić information content (AvgIpc) is 1.23. The Morgan fingerprint density at radius 1 is 0.477 bits per heavy atom. The van der Waals surface area contributed by atoms with E-state index in [1.54, 1.807) is 0 Å². The van der Waals surface area contributed by atoms with E-state index in [1.807, 2.05) is 0 Å². The molecule has 500 valence electrons. The number of hydrogen-bond donors (Lipinski definition) is 26. The second-order valence-corrected chi connectivity index (χ2v) is 21.0. The summed E-state index contributed by atoms with van der Waals surface area (Å²) in [6.45, 7) is -3.61. The maximum Gasteiger partial charge on any atom is 0.364 e. The summed E-state index contributed by atoms with van der Waals surface area (Å²) in [5.74, 6) is -11.2. The average molecular weight is 1270 g/mol. The summed E-state index contributed by atoms with van der Waals surface area (Å²) in [6, 6.07) is -3.02. The van der Waals surface area contributed by atoms with Gasteiger partial charge in [0.15, 0.2) is 25.2 Å². The van der Waals surface area contributed by atoms with Crippen molar-refractivity contribution in [2.45, 2.75) is 222 Å². The van der Waals surface area contributed by atoms with Crippen molar-refractivity contribution in [1.29, 1.82) is 0 Å². The fraction of sp³-hybridized carbons (Fsp3) is 0.913. The molecule has 0 aliphatic carbocycles. The lowest BCUT2D eigenvalue weighted by molar-refractivity contribution is -0.385. The van der Waals surface area contributed by atoms with E-state index >= 15 is 0 Å². The van der Waals surface area contributed by atoms with Crippen LogP contribution >= 0.6 is 0 Å². The van der Waals surface area contributed by atoms with Gasteiger partial charge in [0.2, 0.25) is 11.8 Å². The zero-order valence-corrected chi connectivity index (χ0v) is 45.4. The van der Waals surface area contributed by atoms with Crippen LogP contribution in [0.25, 0.3) is 0 Å². The smallest absolute Gasteiger partial charge is 0.364 e. The second-order valence-electron chi connectivity index (χ2n) is 21.0. The molecule has 0 aromatic carbocycles. The molecule has 0 spiro atoms. The van der Waals surface area contributed by atoms with E-state index in [9.17, 15) is 142 Å². The molecule has 6 saturated heterocycles. The highest BCUT2D eigenvalue weighted by Gasteiger charge is 2.61. The van der Waals surface area contributed by atoms with Crippen LogP contribution in [0, 0.1) is 0 Å². The molecule has 26 N–H and O–H groups in total. The molecule has 40 heteroatoms. The van der Waals surface area contributed by atoms with Gasteiger partial charge in [-0.3, -0.25) is 9.59 Å². The molecule has 0 aromatic heterocycles. The van der Waals surface area contributed by atoms with Crippen molar-refractivity contribution in [3.63, 3.8) is 0 Å². The lowest BCUT2D eigenvalue weighted by Crippen LogP contribution is -2.70. The van der Waals surface area contributed by atoms with E-state index in [0.29, 0.717) is 0 Å². The highest BCUT2D eigenvalue weighted by molar-refractivity contribution is 5.77. The van der Waals surface area contributed by atoms with Crippen LogP contribution in [0.4, 0.5) is 0 Å². The van der Waals surface area contributed by atoms with Crippen LogP contribution in [-0.4, -0.2) is 381 Å². The van der Waals surface area contributed by atoms with Crippen molar-refractivity contribution in [2.24, 2.45) is 0 Å². The van der Waals surface area contributed by atoms with E-state index in [-0.39, 0.29) is 0 Å². The standard InChI is InChI=1S/2C23H39NO19/c1-6(27)24-11-7(28)2-23(22(37)38,43-19(11)12(30)8(29)3-25)39-5-10-13(31)14(32)17(35)21(41-10)42-18-9(4-26)40-20(36)16(34)15(18)33;1-6(28)24-11-7(29)2-23(22(37)38,42-18(11)12(31)8(30)3-25)43-19-13(32)9(4-26)40-21(16(19)35)41-17-10(5-27)39-20(36)15(34)14(17)33/h7-21,25-26,28-36H,2-5H2,1H3,(H,24,27)(H,37,38);7-21,25-27,29-36H,2-5H2,1H3,(H,24,28)(H,37,38)/t7-,8+,9+,10+,11+,12+,13-,14-,15+,16+,17+,18+,19+,20?,21-,23+;7-,8+,9+,10+,11+,12+,13-,14+,15+,16+,17+,18+,19-,20?,21-,23-/m00/s1. The van der Waals surface area contributed by atoms with E-state index < -0.39 is 272 Å². The molecule has 6 heterocycles. The zero-order valence-electron chi connectivity index (χ0n) is 45.4.